The number of nitrogens with zero attached hydrogens (tertiary/aromatic N) is 3. The molecule has 0 amide bonds. The Morgan fingerprint density at radius 3 is 2.83 bits per heavy atom. The maximum absolute atomic E-state index is 10.6. The number of halogens is 1. The molecule has 0 bridgehead atoms. The number of nitrogens with one attached hydrogen (secondary N) is 1. The first-order valence-corrected chi connectivity index (χ1v) is 5.47. The van der Waals surface area contributed by atoms with Crippen LogP contribution in [0.25, 0.3) is 0 Å². The van der Waals surface area contributed by atoms with E-state index < -0.39 is 4.92 Å². The first kappa shape index (κ1) is 12.3. The Labute approximate surface area is 108 Å². The molecule has 0 aliphatic heterocycles. The van der Waals surface area contributed by atoms with E-state index in [9.17, 15) is 10.1 Å². The van der Waals surface area contributed by atoms with Gasteiger partial charge in [-0.2, -0.15) is 0 Å². The molecular formula is C11H9ClN4O2. The minimum Gasteiger partial charge on any atom is -0.379 e. The zero-order valence-electron chi connectivity index (χ0n) is 9.21. The van der Waals surface area contributed by atoms with Gasteiger partial charge in [-0.1, -0.05) is 11.6 Å². The molecule has 0 atom stereocenters. The Morgan fingerprint density at radius 1 is 1.39 bits per heavy atom. The van der Waals surface area contributed by atoms with Crippen LogP contribution in [-0.2, 0) is 6.54 Å². The highest BCUT2D eigenvalue weighted by molar-refractivity contribution is 6.32. The van der Waals surface area contributed by atoms with E-state index in [0.29, 0.717) is 12.2 Å². The molecule has 0 saturated carbocycles. The fraction of sp³-hybridized carbons (Fsp3) is 0.0909. The van der Waals surface area contributed by atoms with Crippen molar-refractivity contribution in [3.8, 4) is 0 Å². The Kier molecular flexibility index (Phi) is 3.69. The van der Waals surface area contributed by atoms with Crippen LogP contribution in [0, 0.1) is 10.1 Å². The van der Waals surface area contributed by atoms with E-state index >= 15 is 0 Å². The van der Waals surface area contributed by atoms with Gasteiger partial charge in [0, 0.05) is 18.0 Å². The summed E-state index contributed by atoms with van der Waals surface area (Å²) in [6, 6.07) is 6.26. The van der Waals surface area contributed by atoms with Crippen LogP contribution >= 0.6 is 11.6 Å². The first-order valence-electron chi connectivity index (χ1n) is 5.09. The fourth-order valence-corrected chi connectivity index (χ4v) is 1.63. The largest absolute Gasteiger partial charge is 0.379 e. The van der Waals surface area contributed by atoms with Crippen molar-refractivity contribution < 1.29 is 4.92 Å². The highest BCUT2D eigenvalue weighted by Crippen LogP contribution is 2.27. The molecule has 92 valence electrons. The van der Waals surface area contributed by atoms with Gasteiger partial charge in [0.15, 0.2) is 0 Å². The Balaban J connectivity index is 2.07. The molecule has 0 unspecified atom stereocenters. The van der Waals surface area contributed by atoms with E-state index in [4.69, 9.17) is 11.6 Å². The van der Waals surface area contributed by atoms with E-state index in [1.54, 1.807) is 18.3 Å². The van der Waals surface area contributed by atoms with Gasteiger partial charge in [-0.05, 0) is 18.2 Å². The number of nitro benzene ring substituents is 1. The zero-order valence-corrected chi connectivity index (χ0v) is 9.96. The van der Waals surface area contributed by atoms with Crippen molar-refractivity contribution in [2.24, 2.45) is 0 Å². The maximum atomic E-state index is 10.6. The summed E-state index contributed by atoms with van der Waals surface area (Å²) in [5.41, 5.74) is 1.41. The molecule has 0 fully saturated rings. The van der Waals surface area contributed by atoms with E-state index in [2.05, 4.69) is 15.3 Å². The second-order valence-electron chi connectivity index (χ2n) is 3.48. The molecule has 1 heterocycles. The molecule has 1 aromatic carbocycles. The molecule has 6 nitrogen and oxygen atoms in total. The monoisotopic (exact) mass is 264 g/mol. The summed E-state index contributed by atoms with van der Waals surface area (Å²) in [4.78, 5) is 17.9. The molecule has 0 spiro atoms. The number of benzene rings is 1. The molecule has 2 aromatic rings. The van der Waals surface area contributed by atoms with Crippen LogP contribution in [0.1, 0.15) is 5.69 Å². The van der Waals surface area contributed by atoms with Crippen molar-refractivity contribution in [1.29, 1.82) is 0 Å². The van der Waals surface area contributed by atoms with Gasteiger partial charge in [-0.25, -0.2) is 9.97 Å². The number of anilines is 1. The van der Waals surface area contributed by atoms with Crippen molar-refractivity contribution >= 4 is 23.0 Å². The van der Waals surface area contributed by atoms with Crippen LogP contribution in [0.5, 0.6) is 0 Å². The highest BCUT2D eigenvalue weighted by Gasteiger charge is 2.11. The molecular weight excluding hydrogens is 256 g/mol. The Morgan fingerprint density at radius 2 is 2.22 bits per heavy atom. The minimum atomic E-state index is -0.517. The van der Waals surface area contributed by atoms with Gasteiger partial charge in [0.25, 0.3) is 5.69 Å². The average Bonchev–Trinajstić information content (AvgIpc) is 2.37. The summed E-state index contributed by atoms with van der Waals surface area (Å²) in [5, 5.41) is 13.8. The first-order chi connectivity index (χ1) is 8.66. The molecule has 1 N–H and O–H groups in total. The third kappa shape index (κ3) is 2.92. The second kappa shape index (κ2) is 5.42. The predicted octanol–water partition coefficient (Wildman–Crippen LogP) is 2.65. The summed E-state index contributed by atoms with van der Waals surface area (Å²) >= 11 is 5.80. The average molecular weight is 265 g/mol. The smallest absolute Gasteiger partial charge is 0.288 e. The number of rotatable bonds is 4. The van der Waals surface area contributed by atoms with E-state index in [0.717, 1.165) is 5.69 Å². The van der Waals surface area contributed by atoms with Gasteiger partial charge in [0.2, 0.25) is 0 Å². The fourth-order valence-electron chi connectivity index (χ4n) is 1.38. The van der Waals surface area contributed by atoms with Crippen LogP contribution in [0.4, 0.5) is 11.4 Å². The molecule has 0 aliphatic carbocycles. The van der Waals surface area contributed by atoms with Crippen LogP contribution in [-0.4, -0.2) is 14.9 Å². The topological polar surface area (TPSA) is 81.0 Å². The lowest BCUT2D eigenvalue weighted by atomic mass is 10.2. The van der Waals surface area contributed by atoms with Crippen molar-refractivity contribution in [2.75, 3.05) is 5.32 Å². The van der Waals surface area contributed by atoms with Crippen molar-refractivity contribution in [3.63, 3.8) is 0 Å². The lowest BCUT2D eigenvalue weighted by Gasteiger charge is -2.06. The van der Waals surface area contributed by atoms with Gasteiger partial charge in [-0.3, -0.25) is 10.1 Å². The van der Waals surface area contributed by atoms with Gasteiger partial charge in [0.1, 0.15) is 11.3 Å². The lowest BCUT2D eigenvalue weighted by molar-refractivity contribution is -0.384. The lowest BCUT2D eigenvalue weighted by Crippen LogP contribution is -2.01. The molecule has 18 heavy (non-hydrogen) atoms. The van der Waals surface area contributed by atoms with E-state index in [1.165, 1.54) is 18.5 Å². The Hall–Kier alpha value is -2.21. The summed E-state index contributed by atoms with van der Waals surface area (Å²) in [6.07, 6.45) is 3.10. The summed E-state index contributed by atoms with van der Waals surface area (Å²) < 4.78 is 0. The highest BCUT2D eigenvalue weighted by atomic mass is 35.5. The predicted molar refractivity (Wildman–Crippen MR) is 67.5 cm³/mol. The number of aromatic nitrogens is 2. The van der Waals surface area contributed by atoms with Crippen molar-refractivity contribution in [2.45, 2.75) is 6.54 Å². The molecule has 0 aliphatic rings. The molecule has 0 radical (unpaired) electrons. The van der Waals surface area contributed by atoms with Crippen LogP contribution in [0.15, 0.2) is 36.8 Å². The third-order valence-electron chi connectivity index (χ3n) is 2.26. The SMILES string of the molecule is O=[N+]([O-])c1ccc(NCc2ccncn2)cc1Cl. The Bertz CT molecular complexity index is 562. The quantitative estimate of drug-likeness (QED) is 0.678. The van der Waals surface area contributed by atoms with Crippen molar-refractivity contribution in [1.82, 2.24) is 9.97 Å². The number of hydrogen-bond donors (Lipinski definition) is 1. The van der Waals surface area contributed by atoms with Gasteiger partial charge in [-0.15, -0.1) is 0 Å². The summed E-state index contributed by atoms with van der Waals surface area (Å²) in [7, 11) is 0. The van der Waals surface area contributed by atoms with Crippen LogP contribution in [0.2, 0.25) is 5.02 Å². The standard InChI is InChI=1S/C11H9ClN4O2/c12-10-5-8(1-2-11(10)16(17)18)14-6-9-3-4-13-7-15-9/h1-5,7,14H,6H2. The summed E-state index contributed by atoms with van der Waals surface area (Å²) in [5.74, 6) is 0. The molecule has 7 heteroatoms. The normalized spacial score (nSPS) is 10.1. The maximum Gasteiger partial charge on any atom is 0.288 e. The molecule has 2 rings (SSSR count). The third-order valence-corrected chi connectivity index (χ3v) is 2.56. The van der Waals surface area contributed by atoms with Crippen molar-refractivity contribution in [3.05, 3.63) is 57.6 Å². The second-order valence-corrected chi connectivity index (χ2v) is 3.88. The summed E-state index contributed by atoms with van der Waals surface area (Å²) in [6.45, 7) is 0.497. The van der Waals surface area contributed by atoms with Crippen LogP contribution in [0.3, 0.4) is 0 Å². The van der Waals surface area contributed by atoms with E-state index in [1.807, 2.05) is 0 Å². The van der Waals surface area contributed by atoms with Gasteiger partial charge >= 0.3 is 0 Å². The van der Waals surface area contributed by atoms with Crippen LogP contribution < -0.4 is 5.32 Å². The minimum absolute atomic E-state index is 0.104. The van der Waals surface area contributed by atoms with E-state index in [-0.39, 0.29) is 10.7 Å². The molecule has 0 saturated heterocycles. The van der Waals surface area contributed by atoms with Gasteiger partial charge in [0.05, 0.1) is 17.2 Å². The number of hydrogen-bond acceptors (Lipinski definition) is 5. The zero-order chi connectivity index (χ0) is 13.0. The van der Waals surface area contributed by atoms with Gasteiger partial charge < -0.3 is 5.32 Å². The number of nitro groups is 1. The molecule has 1 aromatic heterocycles.